The molecule has 1 aromatic heterocycles. The predicted octanol–water partition coefficient (Wildman–Crippen LogP) is 1.56. The summed E-state index contributed by atoms with van der Waals surface area (Å²) in [6.45, 7) is 0.521. The summed E-state index contributed by atoms with van der Waals surface area (Å²) in [7, 11) is 1.35. The first kappa shape index (κ1) is 12.0. The van der Waals surface area contributed by atoms with Gasteiger partial charge in [0.25, 0.3) is 5.56 Å². The monoisotopic (exact) mass is 273 g/mol. The number of rotatable bonds is 4. The second-order valence-corrected chi connectivity index (χ2v) is 3.89. The fourth-order valence-electron chi connectivity index (χ4n) is 1.18. The van der Waals surface area contributed by atoms with Crippen molar-refractivity contribution in [1.29, 1.82) is 0 Å². The molecule has 1 aromatic rings. The lowest BCUT2D eigenvalue weighted by atomic mass is 10.3. The van der Waals surface area contributed by atoms with Crippen molar-refractivity contribution in [2.45, 2.75) is 19.4 Å². The lowest BCUT2D eigenvalue weighted by Gasteiger charge is -2.04. The van der Waals surface area contributed by atoms with Crippen molar-refractivity contribution in [2.24, 2.45) is 0 Å². The van der Waals surface area contributed by atoms with Crippen molar-refractivity contribution in [3.63, 3.8) is 0 Å². The number of halogens is 1. The van der Waals surface area contributed by atoms with Crippen molar-refractivity contribution >= 4 is 21.9 Å². The highest BCUT2D eigenvalue weighted by molar-refractivity contribution is 9.10. The van der Waals surface area contributed by atoms with Crippen molar-refractivity contribution in [3.8, 4) is 0 Å². The Kier molecular flexibility index (Phi) is 4.55. The Morgan fingerprint density at radius 1 is 1.60 bits per heavy atom. The number of methoxy groups -OCH3 is 1. The molecule has 0 unspecified atom stereocenters. The standard InChI is InChI=1S/C10H12BrNO3/c1-15-9(13)5-3-7-12-6-2-4-8(11)10(12)14/h2,4,6H,3,5,7H2,1H3. The molecule has 0 aliphatic carbocycles. The molecule has 0 aliphatic rings. The Morgan fingerprint density at radius 2 is 2.33 bits per heavy atom. The van der Waals surface area contributed by atoms with E-state index >= 15 is 0 Å². The van der Waals surface area contributed by atoms with Crippen LogP contribution in [-0.4, -0.2) is 17.6 Å². The molecule has 0 radical (unpaired) electrons. The molecule has 82 valence electrons. The van der Waals surface area contributed by atoms with Crippen LogP contribution in [0.5, 0.6) is 0 Å². The van der Waals surface area contributed by atoms with Crippen molar-refractivity contribution in [1.82, 2.24) is 4.57 Å². The van der Waals surface area contributed by atoms with Gasteiger partial charge in [0.15, 0.2) is 0 Å². The highest BCUT2D eigenvalue weighted by atomic mass is 79.9. The van der Waals surface area contributed by atoms with Crippen LogP contribution in [-0.2, 0) is 16.1 Å². The first-order valence-electron chi connectivity index (χ1n) is 4.57. The zero-order valence-corrected chi connectivity index (χ0v) is 9.99. The molecule has 0 saturated heterocycles. The summed E-state index contributed by atoms with van der Waals surface area (Å²) >= 11 is 3.16. The maximum Gasteiger partial charge on any atom is 0.305 e. The van der Waals surface area contributed by atoms with Gasteiger partial charge in [0.1, 0.15) is 0 Å². The summed E-state index contributed by atoms with van der Waals surface area (Å²) in [6.07, 6.45) is 2.63. The molecule has 1 rings (SSSR count). The molecule has 15 heavy (non-hydrogen) atoms. The SMILES string of the molecule is COC(=O)CCCn1cccc(Br)c1=O. The minimum absolute atomic E-state index is 0.0811. The minimum Gasteiger partial charge on any atom is -0.469 e. The van der Waals surface area contributed by atoms with Gasteiger partial charge < -0.3 is 9.30 Å². The number of esters is 1. The van der Waals surface area contributed by atoms with Gasteiger partial charge in [-0.15, -0.1) is 0 Å². The fourth-order valence-corrected chi connectivity index (χ4v) is 1.56. The van der Waals surface area contributed by atoms with Gasteiger partial charge in [0.05, 0.1) is 11.6 Å². The third-order valence-corrected chi connectivity index (χ3v) is 2.58. The van der Waals surface area contributed by atoms with Gasteiger partial charge in [-0.2, -0.15) is 0 Å². The normalized spacial score (nSPS) is 10.0. The van der Waals surface area contributed by atoms with E-state index in [1.165, 1.54) is 7.11 Å². The number of aryl methyl sites for hydroxylation is 1. The molecule has 0 N–H and O–H groups in total. The molecule has 0 aromatic carbocycles. The van der Waals surface area contributed by atoms with E-state index in [9.17, 15) is 9.59 Å². The number of pyridine rings is 1. The molecule has 0 bridgehead atoms. The Hall–Kier alpha value is -1.10. The van der Waals surface area contributed by atoms with E-state index < -0.39 is 0 Å². The maximum absolute atomic E-state index is 11.5. The van der Waals surface area contributed by atoms with Crippen LogP contribution < -0.4 is 5.56 Å². The van der Waals surface area contributed by atoms with Crippen LogP contribution in [0.15, 0.2) is 27.6 Å². The Balaban J connectivity index is 2.55. The third-order valence-electron chi connectivity index (χ3n) is 1.98. The van der Waals surface area contributed by atoms with Gasteiger partial charge in [0, 0.05) is 19.2 Å². The second kappa shape index (κ2) is 5.70. The van der Waals surface area contributed by atoms with E-state index in [4.69, 9.17) is 0 Å². The highest BCUT2D eigenvalue weighted by Crippen LogP contribution is 2.02. The van der Waals surface area contributed by atoms with E-state index in [1.54, 1.807) is 22.9 Å². The summed E-state index contributed by atoms with van der Waals surface area (Å²) in [4.78, 5) is 22.3. The Bertz CT molecular complexity index is 400. The zero-order chi connectivity index (χ0) is 11.3. The summed E-state index contributed by atoms with van der Waals surface area (Å²) < 4.78 is 6.60. The summed E-state index contributed by atoms with van der Waals surface area (Å²) in [6, 6.07) is 3.47. The summed E-state index contributed by atoms with van der Waals surface area (Å²) in [5, 5.41) is 0. The van der Waals surface area contributed by atoms with Crippen molar-refractivity contribution in [3.05, 3.63) is 33.2 Å². The average molecular weight is 274 g/mol. The van der Waals surface area contributed by atoms with Gasteiger partial charge in [-0.1, -0.05) is 0 Å². The van der Waals surface area contributed by atoms with Gasteiger partial charge in [0.2, 0.25) is 0 Å². The van der Waals surface area contributed by atoms with E-state index in [1.807, 2.05) is 0 Å². The number of carbonyl (C=O) groups excluding carboxylic acids is 1. The van der Waals surface area contributed by atoms with Crippen LogP contribution >= 0.6 is 15.9 Å². The summed E-state index contributed by atoms with van der Waals surface area (Å²) in [5.41, 5.74) is -0.0811. The smallest absolute Gasteiger partial charge is 0.305 e. The highest BCUT2D eigenvalue weighted by Gasteiger charge is 2.02. The molecule has 4 nitrogen and oxygen atoms in total. The van der Waals surface area contributed by atoms with Gasteiger partial charge in [-0.3, -0.25) is 9.59 Å². The number of aromatic nitrogens is 1. The predicted molar refractivity (Wildman–Crippen MR) is 59.7 cm³/mol. The maximum atomic E-state index is 11.5. The molecule has 1 heterocycles. The van der Waals surface area contributed by atoms with Crippen molar-refractivity contribution in [2.75, 3.05) is 7.11 Å². The topological polar surface area (TPSA) is 48.3 Å². The van der Waals surface area contributed by atoms with E-state index in [0.717, 1.165) is 0 Å². The number of hydrogen-bond acceptors (Lipinski definition) is 3. The zero-order valence-electron chi connectivity index (χ0n) is 8.40. The van der Waals surface area contributed by atoms with E-state index in [-0.39, 0.29) is 11.5 Å². The first-order valence-corrected chi connectivity index (χ1v) is 5.36. The molecule has 0 saturated carbocycles. The number of nitrogens with zero attached hydrogens (tertiary/aromatic N) is 1. The van der Waals surface area contributed by atoms with Crippen LogP contribution in [0.1, 0.15) is 12.8 Å². The summed E-state index contributed by atoms with van der Waals surface area (Å²) in [5.74, 6) is -0.252. The van der Waals surface area contributed by atoms with E-state index in [0.29, 0.717) is 23.9 Å². The number of carbonyl (C=O) groups is 1. The molecule has 0 fully saturated rings. The van der Waals surface area contributed by atoms with Gasteiger partial charge in [-0.05, 0) is 34.5 Å². The molecule has 0 amide bonds. The molecule has 0 spiro atoms. The lowest BCUT2D eigenvalue weighted by molar-refractivity contribution is -0.140. The van der Waals surface area contributed by atoms with Crippen LogP contribution in [0.2, 0.25) is 0 Å². The number of hydrogen-bond donors (Lipinski definition) is 0. The largest absolute Gasteiger partial charge is 0.469 e. The first-order chi connectivity index (χ1) is 7.15. The number of ether oxygens (including phenoxy) is 1. The third kappa shape index (κ3) is 3.51. The van der Waals surface area contributed by atoms with Crippen LogP contribution in [0.25, 0.3) is 0 Å². The lowest BCUT2D eigenvalue weighted by Crippen LogP contribution is -2.20. The quantitative estimate of drug-likeness (QED) is 0.783. The van der Waals surface area contributed by atoms with Crippen LogP contribution in [0.4, 0.5) is 0 Å². The van der Waals surface area contributed by atoms with Crippen LogP contribution in [0.3, 0.4) is 0 Å². The molecule has 0 atom stereocenters. The van der Waals surface area contributed by atoms with E-state index in [2.05, 4.69) is 20.7 Å². The Labute approximate surface area is 96.0 Å². The molecular formula is C10H12BrNO3. The van der Waals surface area contributed by atoms with Gasteiger partial charge in [-0.25, -0.2) is 0 Å². The fraction of sp³-hybridized carbons (Fsp3) is 0.400. The minimum atomic E-state index is -0.252. The molecular weight excluding hydrogens is 262 g/mol. The second-order valence-electron chi connectivity index (χ2n) is 3.03. The molecule has 0 aliphatic heterocycles. The molecule has 5 heteroatoms. The average Bonchev–Trinajstić information content (AvgIpc) is 2.24. The van der Waals surface area contributed by atoms with Gasteiger partial charge >= 0.3 is 5.97 Å². The van der Waals surface area contributed by atoms with Crippen molar-refractivity contribution < 1.29 is 9.53 Å². The van der Waals surface area contributed by atoms with Crippen LogP contribution in [0, 0.1) is 0 Å². The Morgan fingerprint density at radius 3 is 3.00 bits per heavy atom.